The van der Waals surface area contributed by atoms with Crippen LogP contribution in [0.4, 0.5) is 0 Å². The molecule has 0 rings (SSSR count). The number of unbranched alkanes of at least 4 members (excludes halogenated alkanes) is 14. The number of amides is 1. The number of aliphatic hydroxyl groups is 2. The Balaban J connectivity index is 3.69. The number of carbonyl (C=O) groups is 1. The molecular formula is C61H97NO3. The fraction of sp³-hybridized carbons (Fsp3) is 0.557. The third-order valence-electron chi connectivity index (χ3n) is 10.7. The van der Waals surface area contributed by atoms with E-state index in [1.807, 2.05) is 6.08 Å². The maximum absolute atomic E-state index is 12.4. The van der Waals surface area contributed by atoms with Gasteiger partial charge in [-0.1, -0.05) is 236 Å². The fourth-order valence-corrected chi connectivity index (χ4v) is 6.78. The van der Waals surface area contributed by atoms with Crippen molar-refractivity contribution in [1.29, 1.82) is 0 Å². The highest BCUT2D eigenvalue weighted by molar-refractivity contribution is 5.76. The van der Waals surface area contributed by atoms with E-state index >= 15 is 0 Å². The summed E-state index contributed by atoms with van der Waals surface area (Å²) < 4.78 is 0. The van der Waals surface area contributed by atoms with Crippen LogP contribution >= 0.6 is 0 Å². The van der Waals surface area contributed by atoms with Gasteiger partial charge in [-0.15, -0.1) is 0 Å². The summed E-state index contributed by atoms with van der Waals surface area (Å²) in [5.74, 6) is -0.0940. The first-order chi connectivity index (χ1) is 32.2. The lowest BCUT2D eigenvalue weighted by Gasteiger charge is -2.19. The molecule has 4 nitrogen and oxygen atoms in total. The van der Waals surface area contributed by atoms with Crippen molar-refractivity contribution >= 4 is 5.91 Å². The Labute approximate surface area is 401 Å². The summed E-state index contributed by atoms with van der Waals surface area (Å²) in [6, 6.07) is -0.655. The summed E-state index contributed by atoms with van der Waals surface area (Å²) in [5, 5.41) is 23.0. The average molecular weight is 892 g/mol. The number of hydrogen-bond donors (Lipinski definition) is 3. The van der Waals surface area contributed by atoms with Gasteiger partial charge in [-0.25, -0.2) is 0 Å². The largest absolute Gasteiger partial charge is 0.394 e. The first-order valence-corrected chi connectivity index (χ1v) is 26.2. The molecule has 0 aliphatic carbocycles. The number of carbonyl (C=O) groups excluding carboxylic acids is 1. The zero-order valence-corrected chi connectivity index (χ0v) is 41.7. The van der Waals surface area contributed by atoms with Crippen molar-refractivity contribution < 1.29 is 15.0 Å². The molecule has 1 amide bonds. The summed E-state index contributed by atoms with van der Waals surface area (Å²) in [6.07, 6.45) is 88.1. The van der Waals surface area contributed by atoms with E-state index in [1.165, 1.54) is 64.2 Å². The van der Waals surface area contributed by atoms with Crippen molar-refractivity contribution in [3.8, 4) is 0 Å². The normalized spacial score (nSPS) is 14.2. The van der Waals surface area contributed by atoms with Gasteiger partial charge in [0.15, 0.2) is 0 Å². The molecule has 364 valence electrons. The van der Waals surface area contributed by atoms with Crippen molar-refractivity contribution in [3.05, 3.63) is 158 Å². The Kier molecular flexibility index (Phi) is 51.0. The van der Waals surface area contributed by atoms with Gasteiger partial charge in [-0.2, -0.15) is 0 Å². The van der Waals surface area contributed by atoms with Gasteiger partial charge < -0.3 is 15.5 Å². The Hall–Kier alpha value is -3.99. The zero-order chi connectivity index (χ0) is 47.0. The summed E-state index contributed by atoms with van der Waals surface area (Å²) in [6.45, 7) is 4.14. The highest BCUT2D eigenvalue weighted by Gasteiger charge is 2.17. The minimum Gasteiger partial charge on any atom is -0.394 e. The molecule has 0 aliphatic rings. The Morgan fingerprint density at radius 2 is 0.692 bits per heavy atom. The van der Waals surface area contributed by atoms with Gasteiger partial charge in [0, 0.05) is 6.42 Å². The predicted molar refractivity (Wildman–Crippen MR) is 289 cm³/mol. The van der Waals surface area contributed by atoms with Gasteiger partial charge in [0.05, 0.1) is 18.8 Å². The van der Waals surface area contributed by atoms with E-state index in [-0.39, 0.29) is 12.5 Å². The van der Waals surface area contributed by atoms with E-state index in [2.05, 4.69) is 165 Å². The molecule has 4 heteroatoms. The molecule has 0 spiro atoms. The maximum atomic E-state index is 12.4. The summed E-state index contributed by atoms with van der Waals surface area (Å²) in [7, 11) is 0. The lowest BCUT2D eigenvalue weighted by molar-refractivity contribution is -0.123. The molecule has 65 heavy (non-hydrogen) atoms. The number of rotatable bonds is 45. The van der Waals surface area contributed by atoms with Crippen LogP contribution in [-0.4, -0.2) is 34.9 Å². The van der Waals surface area contributed by atoms with Gasteiger partial charge in [-0.05, 0) is 116 Å². The summed E-state index contributed by atoms with van der Waals surface area (Å²) >= 11 is 0. The van der Waals surface area contributed by atoms with Crippen molar-refractivity contribution in [3.63, 3.8) is 0 Å². The van der Waals surface area contributed by atoms with E-state index < -0.39 is 12.1 Å². The van der Waals surface area contributed by atoms with Gasteiger partial charge in [0.1, 0.15) is 0 Å². The summed E-state index contributed by atoms with van der Waals surface area (Å²) in [4.78, 5) is 12.4. The first-order valence-electron chi connectivity index (χ1n) is 26.2. The lowest BCUT2D eigenvalue weighted by atomic mass is 10.1. The van der Waals surface area contributed by atoms with E-state index in [0.717, 1.165) is 116 Å². The molecule has 3 N–H and O–H groups in total. The molecule has 0 aromatic heterocycles. The van der Waals surface area contributed by atoms with Gasteiger partial charge >= 0.3 is 0 Å². The third kappa shape index (κ3) is 50.9. The molecule has 0 aromatic rings. The second-order valence-corrected chi connectivity index (χ2v) is 16.8. The molecule has 0 heterocycles. The molecule has 0 bridgehead atoms. The number of allylic oxidation sites excluding steroid dienone is 25. The van der Waals surface area contributed by atoms with Crippen LogP contribution in [0, 0.1) is 0 Å². The van der Waals surface area contributed by atoms with Crippen LogP contribution in [-0.2, 0) is 4.79 Å². The standard InChI is InChI=1S/C61H97NO3/c1-3-5-7-9-11-13-15-17-18-19-20-21-22-23-24-25-26-27-28-29-30-31-32-33-34-35-36-37-38-39-40-41-42-43-44-45-47-49-51-53-55-57-61(65)62-59(58-63)60(64)56-54-52-50-48-46-16-14-12-10-8-6-4-2/h5,7,11,13,17-18,20-21,23-24,26-27,29-30,32-33,35-36,38-39,41-42,46,48,54,56,59-60,63-64H,3-4,6,8-10,12,14-16,19,22,25,28,31,34,37,40,43-45,47,49-53,55,57-58H2,1-2H3,(H,62,65)/b7-5-,13-11-,18-17-,21-20-,24-23-,27-26-,30-29-,33-32-,36-35-,39-38-,42-41-,48-46+,56-54+. The monoisotopic (exact) mass is 892 g/mol. The summed E-state index contributed by atoms with van der Waals surface area (Å²) in [5.41, 5.74) is 0. The van der Waals surface area contributed by atoms with E-state index in [4.69, 9.17) is 0 Å². The molecule has 0 saturated heterocycles. The predicted octanol–water partition coefficient (Wildman–Crippen LogP) is 17.4. The number of aliphatic hydroxyl groups excluding tert-OH is 2. The number of nitrogens with one attached hydrogen (secondary N) is 1. The molecule has 0 saturated carbocycles. The van der Waals surface area contributed by atoms with Crippen LogP contribution in [0.15, 0.2) is 158 Å². The molecule has 2 unspecified atom stereocenters. The van der Waals surface area contributed by atoms with Crippen LogP contribution < -0.4 is 5.32 Å². The molecule has 0 fully saturated rings. The van der Waals surface area contributed by atoms with Crippen LogP contribution in [0.1, 0.15) is 200 Å². The van der Waals surface area contributed by atoms with Gasteiger partial charge in [0.2, 0.25) is 5.91 Å². The smallest absolute Gasteiger partial charge is 0.220 e. The quantitative estimate of drug-likeness (QED) is 0.0421. The Morgan fingerprint density at radius 3 is 1.08 bits per heavy atom. The second kappa shape index (κ2) is 54.3. The average Bonchev–Trinajstić information content (AvgIpc) is 3.31. The van der Waals surface area contributed by atoms with E-state index in [9.17, 15) is 15.0 Å². The van der Waals surface area contributed by atoms with Gasteiger partial charge in [-0.3, -0.25) is 4.79 Å². The first kappa shape index (κ1) is 61.0. The highest BCUT2D eigenvalue weighted by atomic mass is 16.3. The minimum absolute atomic E-state index is 0.0940. The fourth-order valence-electron chi connectivity index (χ4n) is 6.78. The SMILES string of the molecule is CC/C=C\C/C=C\C/C=C\C/C=C\C/C=C\C/C=C\C/C=C\C/C=C\C/C=C\C/C=C\C/C=C\CCCCCCCCCC(=O)NC(CO)C(O)/C=C/CC/C=C/CCCCCCCC. The van der Waals surface area contributed by atoms with Crippen molar-refractivity contribution in [2.45, 2.75) is 212 Å². The van der Waals surface area contributed by atoms with Crippen LogP contribution in [0.3, 0.4) is 0 Å². The van der Waals surface area contributed by atoms with E-state index in [0.29, 0.717) is 6.42 Å². The van der Waals surface area contributed by atoms with Crippen LogP contribution in [0.2, 0.25) is 0 Å². The van der Waals surface area contributed by atoms with Crippen molar-refractivity contribution in [2.75, 3.05) is 6.61 Å². The molecule has 2 atom stereocenters. The highest BCUT2D eigenvalue weighted by Crippen LogP contribution is 2.11. The topological polar surface area (TPSA) is 69.6 Å². The Bertz CT molecular complexity index is 1430. The van der Waals surface area contributed by atoms with Crippen molar-refractivity contribution in [2.24, 2.45) is 0 Å². The van der Waals surface area contributed by atoms with E-state index in [1.54, 1.807) is 6.08 Å². The molecular weight excluding hydrogens is 795 g/mol. The second-order valence-electron chi connectivity index (χ2n) is 16.8. The molecule has 0 aliphatic heterocycles. The third-order valence-corrected chi connectivity index (χ3v) is 10.7. The maximum Gasteiger partial charge on any atom is 0.220 e. The number of hydrogen-bond acceptors (Lipinski definition) is 3. The van der Waals surface area contributed by atoms with Crippen LogP contribution in [0.5, 0.6) is 0 Å². The van der Waals surface area contributed by atoms with Crippen LogP contribution in [0.25, 0.3) is 0 Å². The van der Waals surface area contributed by atoms with Crippen molar-refractivity contribution in [1.82, 2.24) is 5.32 Å². The molecule has 0 aromatic carbocycles. The Morgan fingerprint density at radius 1 is 0.385 bits per heavy atom. The zero-order valence-electron chi connectivity index (χ0n) is 41.7. The minimum atomic E-state index is -0.876. The molecule has 0 radical (unpaired) electrons. The lowest BCUT2D eigenvalue weighted by Crippen LogP contribution is -2.45. The van der Waals surface area contributed by atoms with Gasteiger partial charge in [0.25, 0.3) is 0 Å².